The fraction of sp³-hybridized carbons (Fsp3) is 0.333. The minimum atomic E-state index is -0.193. The second-order valence-electron chi connectivity index (χ2n) is 9.41. The van der Waals surface area contributed by atoms with Crippen LogP contribution in [0.2, 0.25) is 0 Å². The molecule has 0 saturated carbocycles. The van der Waals surface area contributed by atoms with Gasteiger partial charge in [-0.15, -0.1) is 0 Å². The molecule has 9 heteroatoms. The fourth-order valence-corrected chi connectivity index (χ4v) is 6.38. The molecule has 2 fully saturated rings. The number of rotatable bonds is 4. The van der Waals surface area contributed by atoms with Gasteiger partial charge in [-0.1, -0.05) is 54.3 Å². The van der Waals surface area contributed by atoms with E-state index in [1.54, 1.807) is 21.6 Å². The van der Waals surface area contributed by atoms with Crippen LogP contribution < -0.4 is 10.5 Å². The number of carbonyl (C=O) groups is 1. The van der Waals surface area contributed by atoms with E-state index in [9.17, 15) is 9.59 Å². The Hall–Kier alpha value is -3.01. The predicted octanol–water partition coefficient (Wildman–Crippen LogP) is 3.95. The topological polar surface area (TPSA) is 67.2 Å². The molecule has 6 rings (SSSR count). The van der Waals surface area contributed by atoms with Crippen LogP contribution in [-0.4, -0.2) is 50.3 Å². The van der Waals surface area contributed by atoms with Gasteiger partial charge in [0, 0.05) is 25.9 Å². The van der Waals surface area contributed by atoms with Crippen molar-refractivity contribution >= 4 is 51.7 Å². The number of ether oxygens (including phenoxy) is 1. The molecule has 1 amide bonds. The van der Waals surface area contributed by atoms with Crippen molar-refractivity contribution in [1.82, 2.24) is 14.3 Å². The number of benzene rings is 1. The predicted molar refractivity (Wildman–Crippen MR) is 146 cm³/mol. The zero-order chi connectivity index (χ0) is 24.8. The Morgan fingerprint density at radius 1 is 1.19 bits per heavy atom. The number of hydrogen-bond donors (Lipinski definition) is 0. The van der Waals surface area contributed by atoms with Crippen molar-refractivity contribution in [2.75, 3.05) is 24.6 Å². The standard InChI is InChI=1S/C27H26N4O3S2/c1-17-6-4-11-30-23(17)28-24(29-12-10-18-7-2-3-8-19(18)15-29)21(25(30)32)14-22-26(33)31(27(35)36-22)16-20-9-5-13-34-20/h2-4,6-8,11,14,20H,5,9-10,12-13,15-16H2,1H3/b22-14-. The van der Waals surface area contributed by atoms with E-state index in [4.69, 9.17) is 21.9 Å². The minimum Gasteiger partial charge on any atom is -0.376 e. The number of fused-ring (bicyclic) bond motifs is 2. The molecule has 2 aromatic heterocycles. The Bertz CT molecular complexity index is 1480. The molecule has 1 unspecified atom stereocenters. The molecule has 1 aromatic carbocycles. The summed E-state index contributed by atoms with van der Waals surface area (Å²) in [5, 5.41) is 0. The largest absolute Gasteiger partial charge is 0.376 e. The normalized spacial score (nSPS) is 21.1. The number of thiocarbonyl (C=S) groups is 1. The molecule has 184 valence electrons. The van der Waals surface area contributed by atoms with E-state index < -0.39 is 0 Å². The first-order valence-electron chi connectivity index (χ1n) is 12.2. The molecular formula is C27H26N4O3S2. The van der Waals surface area contributed by atoms with Gasteiger partial charge in [-0.3, -0.25) is 18.9 Å². The molecule has 0 radical (unpaired) electrons. The molecule has 7 nitrogen and oxygen atoms in total. The Balaban J connectivity index is 1.43. The van der Waals surface area contributed by atoms with E-state index in [-0.39, 0.29) is 17.6 Å². The van der Waals surface area contributed by atoms with Gasteiger partial charge >= 0.3 is 0 Å². The van der Waals surface area contributed by atoms with Crippen molar-refractivity contribution in [3.8, 4) is 0 Å². The van der Waals surface area contributed by atoms with Crippen molar-refractivity contribution in [2.24, 2.45) is 0 Å². The first kappa shape index (κ1) is 23.4. The molecule has 3 aliphatic rings. The summed E-state index contributed by atoms with van der Waals surface area (Å²) in [5.74, 6) is 0.428. The van der Waals surface area contributed by atoms with Crippen LogP contribution >= 0.6 is 24.0 Å². The molecule has 0 bridgehead atoms. The first-order chi connectivity index (χ1) is 17.5. The number of nitrogens with zero attached hydrogens (tertiary/aromatic N) is 4. The summed E-state index contributed by atoms with van der Waals surface area (Å²) < 4.78 is 7.78. The van der Waals surface area contributed by atoms with Crippen LogP contribution in [0.1, 0.15) is 35.1 Å². The fourth-order valence-electron chi connectivity index (χ4n) is 5.12. The summed E-state index contributed by atoms with van der Waals surface area (Å²) in [4.78, 5) is 36.3. The number of pyridine rings is 1. The number of carbonyl (C=O) groups excluding carboxylic acids is 1. The van der Waals surface area contributed by atoms with Gasteiger partial charge in [-0.2, -0.15) is 0 Å². The van der Waals surface area contributed by atoms with Crippen molar-refractivity contribution in [2.45, 2.75) is 38.8 Å². The van der Waals surface area contributed by atoms with Crippen LogP contribution in [0.25, 0.3) is 11.7 Å². The van der Waals surface area contributed by atoms with Crippen LogP contribution in [0, 0.1) is 6.92 Å². The van der Waals surface area contributed by atoms with E-state index in [0.29, 0.717) is 39.3 Å². The average Bonchev–Trinajstić information content (AvgIpc) is 3.50. The van der Waals surface area contributed by atoms with Crippen LogP contribution in [0.4, 0.5) is 5.82 Å². The number of thioether (sulfide) groups is 1. The van der Waals surface area contributed by atoms with Gasteiger partial charge in [0.15, 0.2) is 0 Å². The quantitative estimate of drug-likeness (QED) is 0.383. The minimum absolute atomic E-state index is 0.00626. The molecule has 0 N–H and O–H groups in total. The van der Waals surface area contributed by atoms with Gasteiger partial charge in [0.2, 0.25) is 0 Å². The molecule has 2 saturated heterocycles. The van der Waals surface area contributed by atoms with Crippen molar-refractivity contribution in [3.05, 3.63) is 80.1 Å². The highest BCUT2D eigenvalue weighted by atomic mass is 32.2. The Morgan fingerprint density at radius 3 is 2.83 bits per heavy atom. The van der Waals surface area contributed by atoms with Gasteiger partial charge in [0.25, 0.3) is 11.5 Å². The molecule has 5 heterocycles. The first-order valence-corrected chi connectivity index (χ1v) is 13.4. The molecule has 0 spiro atoms. The monoisotopic (exact) mass is 518 g/mol. The van der Waals surface area contributed by atoms with Crippen LogP contribution in [0.3, 0.4) is 0 Å². The van der Waals surface area contributed by atoms with Gasteiger partial charge in [-0.25, -0.2) is 4.98 Å². The van der Waals surface area contributed by atoms with Crippen molar-refractivity contribution in [1.29, 1.82) is 0 Å². The number of aryl methyl sites for hydroxylation is 1. The summed E-state index contributed by atoms with van der Waals surface area (Å²) >= 11 is 6.78. The van der Waals surface area contributed by atoms with E-state index in [1.807, 2.05) is 25.1 Å². The van der Waals surface area contributed by atoms with Gasteiger partial charge in [-0.05, 0) is 55.0 Å². The second kappa shape index (κ2) is 9.46. The van der Waals surface area contributed by atoms with Gasteiger partial charge in [0.05, 0.1) is 23.1 Å². The maximum absolute atomic E-state index is 13.8. The maximum Gasteiger partial charge on any atom is 0.267 e. The Labute approximate surface area is 218 Å². The number of anilines is 1. The lowest BCUT2D eigenvalue weighted by atomic mass is 9.99. The summed E-state index contributed by atoms with van der Waals surface area (Å²) in [6, 6.07) is 12.2. The highest BCUT2D eigenvalue weighted by Crippen LogP contribution is 2.35. The van der Waals surface area contributed by atoms with Crippen molar-refractivity contribution in [3.63, 3.8) is 0 Å². The third-order valence-electron chi connectivity index (χ3n) is 7.05. The smallest absolute Gasteiger partial charge is 0.267 e. The maximum atomic E-state index is 13.8. The number of hydrogen-bond acceptors (Lipinski definition) is 7. The van der Waals surface area contributed by atoms with Gasteiger partial charge in [0.1, 0.15) is 15.8 Å². The number of aromatic nitrogens is 2. The van der Waals surface area contributed by atoms with Crippen LogP contribution in [0.15, 0.2) is 52.3 Å². The molecular weight excluding hydrogens is 492 g/mol. The lowest BCUT2D eigenvalue weighted by Crippen LogP contribution is -2.35. The lowest BCUT2D eigenvalue weighted by molar-refractivity contribution is -0.123. The van der Waals surface area contributed by atoms with E-state index in [1.165, 1.54) is 22.9 Å². The van der Waals surface area contributed by atoms with Crippen LogP contribution in [-0.2, 0) is 22.5 Å². The number of amides is 1. The third-order valence-corrected chi connectivity index (χ3v) is 8.43. The zero-order valence-electron chi connectivity index (χ0n) is 20.0. The van der Waals surface area contributed by atoms with Gasteiger partial charge < -0.3 is 9.64 Å². The van der Waals surface area contributed by atoms with E-state index in [0.717, 1.165) is 38.0 Å². The highest BCUT2D eigenvalue weighted by molar-refractivity contribution is 8.26. The summed E-state index contributed by atoms with van der Waals surface area (Å²) in [6.45, 7) is 4.52. The second-order valence-corrected chi connectivity index (χ2v) is 11.1. The molecule has 1 atom stereocenters. The lowest BCUT2D eigenvalue weighted by Gasteiger charge is -2.31. The zero-order valence-corrected chi connectivity index (χ0v) is 21.6. The molecule has 3 aromatic rings. The Morgan fingerprint density at radius 2 is 2.03 bits per heavy atom. The molecule has 0 aliphatic carbocycles. The van der Waals surface area contributed by atoms with E-state index in [2.05, 4.69) is 23.1 Å². The Kier molecular flexibility index (Phi) is 6.15. The SMILES string of the molecule is Cc1cccn2c(=O)c(/C=C3\SC(=S)N(CC4CCCO4)C3=O)c(N3CCc4ccccc4C3)nc12. The summed E-state index contributed by atoms with van der Waals surface area (Å²) in [6.07, 6.45) is 6.21. The molecule has 3 aliphatic heterocycles. The average molecular weight is 519 g/mol. The summed E-state index contributed by atoms with van der Waals surface area (Å²) in [5.41, 5.74) is 4.31. The highest BCUT2D eigenvalue weighted by Gasteiger charge is 2.35. The third kappa shape index (κ3) is 4.15. The summed E-state index contributed by atoms with van der Waals surface area (Å²) in [7, 11) is 0. The van der Waals surface area contributed by atoms with Crippen molar-refractivity contribution < 1.29 is 9.53 Å². The molecule has 36 heavy (non-hydrogen) atoms. The van der Waals surface area contributed by atoms with E-state index >= 15 is 0 Å². The van der Waals surface area contributed by atoms with Crippen LogP contribution in [0.5, 0.6) is 0 Å².